The van der Waals surface area contributed by atoms with Crippen molar-refractivity contribution in [1.82, 2.24) is 4.90 Å². The summed E-state index contributed by atoms with van der Waals surface area (Å²) in [7, 11) is 1.77. The average Bonchev–Trinajstić information content (AvgIpc) is 2.87. The van der Waals surface area contributed by atoms with Gasteiger partial charge in [-0.15, -0.1) is 0 Å². The quantitative estimate of drug-likeness (QED) is 0.812. The fraction of sp³-hybridized carbons (Fsp3) is 0.600. The van der Waals surface area contributed by atoms with Gasteiger partial charge in [0, 0.05) is 44.0 Å². The molecule has 98 valence electrons. The van der Waals surface area contributed by atoms with Crippen LogP contribution in [0.25, 0.3) is 0 Å². The molecule has 2 fully saturated rings. The van der Waals surface area contributed by atoms with E-state index in [4.69, 9.17) is 4.74 Å². The summed E-state index contributed by atoms with van der Waals surface area (Å²) < 4.78 is 5.31. The molecule has 1 aromatic rings. The standard InChI is InChI=1S/C15H22N2O/c1-18-12-13-5-2-3-7-15(13)17-10-9-16-8-4-6-14(16)11-17/h2-3,5,7,14H,4,6,8-12H2,1H3. The number of hydrogen-bond acceptors (Lipinski definition) is 3. The monoisotopic (exact) mass is 246 g/mol. The first-order valence-electron chi connectivity index (χ1n) is 6.94. The van der Waals surface area contributed by atoms with E-state index in [0.29, 0.717) is 6.61 Å². The van der Waals surface area contributed by atoms with Gasteiger partial charge in [0.05, 0.1) is 6.61 Å². The van der Waals surface area contributed by atoms with Gasteiger partial charge in [0.25, 0.3) is 0 Å². The molecule has 0 radical (unpaired) electrons. The lowest BCUT2D eigenvalue weighted by atomic mass is 10.1. The van der Waals surface area contributed by atoms with Crippen LogP contribution in [0.15, 0.2) is 24.3 Å². The Kier molecular flexibility index (Phi) is 3.52. The number of hydrogen-bond donors (Lipinski definition) is 0. The van der Waals surface area contributed by atoms with Gasteiger partial charge >= 0.3 is 0 Å². The van der Waals surface area contributed by atoms with Gasteiger partial charge in [-0.1, -0.05) is 18.2 Å². The average molecular weight is 246 g/mol. The molecule has 1 atom stereocenters. The molecule has 0 bridgehead atoms. The van der Waals surface area contributed by atoms with E-state index in [9.17, 15) is 0 Å². The van der Waals surface area contributed by atoms with Gasteiger partial charge in [-0.2, -0.15) is 0 Å². The maximum Gasteiger partial charge on any atom is 0.0733 e. The SMILES string of the molecule is COCc1ccccc1N1CCN2CCCC2C1. The third kappa shape index (κ3) is 2.25. The topological polar surface area (TPSA) is 15.7 Å². The second-order valence-electron chi connectivity index (χ2n) is 5.34. The smallest absolute Gasteiger partial charge is 0.0733 e. The van der Waals surface area contributed by atoms with Crippen LogP contribution < -0.4 is 4.90 Å². The first-order valence-corrected chi connectivity index (χ1v) is 6.94. The zero-order valence-electron chi connectivity index (χ0n) is 11.1. The van der Waals surface area contributed by atoms with Gasteiger partial charge < -0.3 is 9.64 Å². The number of rotatable bonds is 3. The zero-order chi connectivity index (χ0) is 12.4. The van der Waals surface area contributed by atoms with E-state index in [1.165, 1.54) is 43.7 Å². The Balaban J connectivity index is 1.78. The molecule has 3 rings (SSSR count). The van der Waals surface area contributed by atoms with Gasteiger partial charge in [0.1, 0.15) is 0 Å². The van der Waals surface area contributed by atoms with Gasteiger partial charge in [-0.3, -0.25) is 4.90 Å². The van der Waals surface area contributed by atoms with Crippen LogP contribution in [0.3, 0.4) is 0 Å². The normalized spacial score (nSPS) is 24.3. The van der Waals surface area contributed by atoms with Crippen molar-refractivity contribution in [3.8, 4) is 0 Å². The van der Waals surface area contributed by atoms with Crippen LogP contribution in [-0.2, 0) is 11.3 Å². The molecule has 0 N–H and O–H groups in total. The lowest BCUT2D eigenvalue weighted by Crippen LogP contribution is -2.50. The van der Waals surface area contributed by atoms with Crippen LogP contribution in [0.2, 0.25) is 0 Å². The largest absolute Gasteiger partial charge is 0.380 e. The molecular weight excluding hydrogens is 224 g/mol. The van der Waals surface area contributed by atoms with Crippen molar-refractivity contribution in [2.45, 2.75) is 25.5 Å². The number of piperazine rings is 1. The summed E-state index contributed by atoms with van der Waals surface area (Å²) in [6.45, 7) is 5.56. The van der Waals surface area contributed by atoms with Gasteiger partial charge in [0.2, 0.25) is 0 Å². The molecule has 2 aliphatic rings. The lowest BCUT2D eigenvalue weighted by molar-refractivity contribution is 0.184. The Morgan fingerprint density at radius 3 is 3.00 bits per heavy atom. The number of nitrogens with zero attached hydrogens (tertiary/aromatic N) is 2. The summed E-state index contributed by atoms with van der Waals surface area (Å²) in [5.74, 6) is 0. The molecule has 2 aliphatic heterocycles. The van der Waals surface area contributed by atoms with E-state index in [1.54, 1.807) is 7.11 Å². The minimum atomic E-state index is 0.709. The molecule has 2 saturated heterocycles. The number of anilines is 1. The van der Waals surface area contributed by atoms with E-state index >= 15 is 0 Å². The molecule has 2 heterocycles. The molecule has 18 heavy (non-hydrogen) atoms. The minimum absolute atomic E-state index is 0.709. The molecule has 1 unspecified atom stereocenters. The van der Waals surface area contributed by atoms with Crippen molar-refractivity contribution in [2.24, 2.45) is 0 Å². The van der Waals surface area contributed by atoms with E-state index < -0.39 is 0 Å². The maximum absolute atomic E-state index is 5.31. The Bertz CT molecular complexity index is 407. The Labute approximate surface area is 109 Å². The van der Waals surface area contributed by atoms with Crippen molar-refractivity contribution in [1.29, 1.82) is 0 Å². The third-order valence-corrected chi connectivity index (χ3v) is 4.22. The summed E-state index contributed by atoms with van der Waals surface area (Å²) in [6.07, 6.45) is 2.74. The third-order valence-electron chi connectivity index (χ3n) is 4.22. The van der Waals surface area contributed by atoms with Crippen LogP contribution in [0.4, 0.5) is 5.69 Å². The highest BCUT2D eigenvalue weighted by Gasteiger charge is 2.30. The lowest BCUT2D eigenvalue weighted by Gasteiger charge is -2.39. The molecule has 0 spiro atoms. The highest BCUT2D eigenvalue weighted by Crippen LogP contribution is 2.27. The first-order chi connectivity index (χ1) is 8.88. The molecule has 3 nitrogen and oxygen atoms in total. The predicted molar refractivity (Wildman–Crippen MR) is 74.0 cm³/mol. The maximum atomic E-state index is 5.31. The van der Waals surface area contributed by atoms with Crippen LogP contribution in [0.1, 0.15) is 18.4 Å². The van der Waals surface area contributed by atoms with Crippen LogP contribution in [-0.4, -0.2) is 44.2 Å². The Morgan fingerprint density at radius 2 is 2.11 bits per heavy atom. The number of para-hydroxylation sites is 1. The van der Waals surface area contributed by atoms with Crippen molar-refractivity contribution in [3.05, 3.63) is 29.8 Å². The molecule has 0 aromatic heterocycles. The molecule has 0 aliphatic carbocycles. The summed E-state index contributed by atoms with van der Waals surface area (Å²) in [6, 6.07) is 9.42. The van der Waals surface area contributed by atoms with Crippen LogP contribution in [0, 0.1) is 0 Å². The molecule has 3 heteroatoms. The highest BCUT2D eigenvalue weighted by molar-refractivity contribution is 5.54. The molecule has 0 amide bonds. The van der Waals surface area contributed by atoms with Gasteiger partial charge in [-0.25, -0.2) is 0 Å². The predicted octanol–water partition coefficient (Wildman–Crippen LogP) is 2.12. The number of ether oxygens (including phenoxy) is 1. The van der Waals surface area contributed by atoms with E-state index in [-0.39, 0.29) is 0 Å². The van der Waals surface area contributed by atoms with E-state index in [2.05, 4.69) is 34.1 Å². The summed E-state index contributed by atoms with van der Waals surface area (Å²) in [4.78, 5) is 5.19. The fourth-order valence-electron chi connectivity index (χ4n) is 3.31. The molecular formula is C15H22N2O. The van der Waals surface area contributed by atoms with Crippen molar-refractivity contribution < 1.29 is 4.74 Å². The molecule has 0 saturated carbocycles. The second-order valence-corrected chi connectivity index (χ2v) is 5.34. The Morgan fingerprint density at radius 1 is 1.22 bits per heavy atom. The van der Waals surface area contributed by atoms with Crippen molar-refractivity contribution >= 4 is 5.69 Å². The van der Waals surface area contributed by atoms with Crippen LogP contribution in [0.5, 0.6) is 0 Å². The second kappa shape index (κ2) is 5.29. The van der Waals surface area contributed by atoms with Crippen LogP contribution >= 0.6 is 0 Å². The highest BCUT2D eigenvalue weighted by atomic mass is 16.5. The van der Waals surface area contributed by atoms with Gasteiger partial charge in [0.15, 0.2) is 0 Å². The van der Waals surface area contributed by atoms with E-state index in [1.807, 2.05) is 0 Å². The van der Waals surface area contributed by atoms with E-state index in [0.717, 1.165) is 12.6 Å². The number of fused-ring (bicyclic) bond motifs is 1. The first kappa shape index (κ1) is 12.0. The van der Waals surface area contributed by atoms with Gasteiger partial charge in [-0.05, 0) is 25.5 Å². The summed E-state index contributed by atoms with van der Waals surface area (Å²) >= 11 is 0. The van der Waals surface area contributed by atoms with Crippen molar-refractivity contribution in [3.63, 3.8) is 0 Å². The minimum Gasteiger partial charge on any atom is -0.380 e. The molecule has 1 aromatic carbocycles. The fourth-order valence-corrected chi connectivity index (χ4v) is 3.31. The zero-order valence-corrected chi connectivity index (χ0v) is 11.1. The Hall–Kier alpha value is -1.06. The summed E-state index contributed by atoms with van der Waals surface area (Å²) in [5.41, 5.74) is 2.68. The number of methoxy groups -OCH3 is 1. The summed E-state index contributed by atoms with van der Waals surface area (Å²) in [5, 5.41) is 0. The van der Waals surface area contributed by atoms with Crippen molar-refractivity contribution in [2.75, 3.05) is 38.2 Å². The number of benzene rings is 1.